The molecule has 58 heavy (non-hydrogen) atoms. The van der Waals surface area contributed by atoms with Crippen molar-refractivity contribution >= 4 is 10.8 Å². The number of fused-ring (bicyclic) bond motifs is 1. The van der Waals surface area contributed by atoms with Crippen molar-refractivity contribution in [1.82, 2.24) is 9.97 Å². The lowest BCUT2D eigenvalue weighted by molar-refractivity contribution is 1.30. The van der Waals surface area contributed by atoms with Crippen molar-refractivity contribution in [3.63, 3.8) is 0 Å². The molecule has 2 nitrogen and oxygen atoms in total. The second-order valence-electron chi connectivity index (χ2n) is 14.4. The molecule has 0 atom stereocenters. The van der Waals surface area contributed by atoms with Crippen molar-refractivity contribution in [2.75, 3.05) is 0 Å². The topological polar surface area (TPSA) is 25.8 Å². The molecule has 10 rings (SSSR count). The molecule has 2 aromatic heterocycles. The molecule has 2 heterocycles. The summed E-state index contributed by atoms with van der Waals surface area (Å²) >= 11 is 0. The van der Waals surface area contributed by atoms with Crippen LogP contribution in [-0.4, -0.2) is 9.97 Å². The molecule has 272 valence electrons. The van der Waals surface area contributed by atoms with Gasteiger partial charge in [-0.1, -0.05) is 194 Å². The van der Waals surface area contributed by atoms with E-state index >= 15 is 0 Å². The highest BCUT2D eigenvalue weighted by atomic mass is 14.7. The van der Waals surface area contributed by atoms with E-state index in [4.69, 9.17) is 9.97 Å². The van der Waals surface area contributed by atoms with Crippen molar-refractivity contribution in [3.05, 3.63) is 231 Å². The molecule has 0 fully saturated rings. The lowest BCUT2D eigenvalue weighted by Gasteiger charge is -2.30. The van der Waals surface area contributed by atoms with Gasteiger partial charge in [0.05, 0.1) is 11.4 Å². The Morgan fingerprint density at radius 3 is 0.655 bits per heavy atom. The summed E-state index contributed by atoms with van der Waals surface area (Å²) in [5.41, 5.74) is 17.5. The maximum absolute atomic E-state index is 5.16. The van der Waals surface area contributed by atoms with Gasteiger partial charge >= 0.3 is 0 Å². The summed E-state index contributed by atoms with van der Waals surface area (Å²) in [4.78, 5) is 10.3. The van der Waals surface area contributed by atoms with Gasteiger partial charge in [0.25, 0.3) is 0 Å². The van der Waals surface area contributed by atoms with Crippen LogP contribution in [0.2, 0.25) is 0 Å². The van der Waals surface area contributed by atoms with E-state index in [0.717, 1.165) is 77.8 Å². The number of hydrogen-bond donors (Lipinski definition) is 0. The summed E-state index contributed by atoms with van der Waals surface area (Å²) < 4.78 is 0. The first-order valence-corrected chi connectivity index (χ1v) is 19.8. The molecule has 0 saturated carbocycles. The third-order valence-corrected chi connectivity index (χ3v) is 11.0. The molecular weight excluding hydrogens is 701 g/mol. The molecule has 8 aromatic carbocycles. The van der Waals surface area contributed by atoms with Crippen LogP contribution in [0.3, 0.4) is 0 Å². The minimum atomic E-state index is 0.884. The van der Waals surface area contributed by atoms with Crippen molar-refractivity contribution < 1.29 is 0 Å². The van der Waals surface area contributed by atoms with E-state index in [1.54, 1.807) is 0 Å². The monoisotopic (exact) mass is 738 g/mol. The minimum Gasteiger partial charge on any atom is -0.256 e. The van der Waals surface area contributed by atoms with E-state index < -0.39 is 0 Å². The number of aromatic nitrogens is 2. The van der Waals surface area contributed by atoms with Crippen LogP contribution < -0.4 is 0 Å². The van der Waals surface area contributed by atoms with Crippen LogP contribution in [0, 0.1) is 0 Å². The van der Waals surface area contributed by atoms with Gasteiger partial charge in [-0.05, 0) is 90.7 Å². The molecule has 0 spiro atoms. The van der Waals surface area contributed by atoms with Crippen LogP contribution in [0.25, 0.3) is 100 Å². The van der Waals surface area contributed by atoms with Gasteiger partial charge in [-0.2, -0.15) is 0 Å². The predicted octanol–water partition coefficient (Wildman–Crippen LogP) is 15.0. The number of nitrogens with zero attached hydrogens (tertiary/aromatic N) is 2. The Bertz CT molecular complexity index is 2560. The van der Waals surface area contributed by atoms with Crippen molar-refractivity contribution in [2.45, 2.75) is 0 Å². The smallest absolute Gasteiger partial charge is 0.0715 e. The molecule has 10 aromatic rings. The zero-order valence-corrected chi connectivity index (χ0v) is 31.8. The van der Waals surface area contributed by atoms with Crippen molar-refractivity contribution in [2.24, 2.45) is 0 Å². The van der Waals surface area contributed by atoms with E-state index in [-0.39, 0.29) is 0 Å². The first kappa shape index (κ1) is 34.8. The van der Waals surface area contributed by atoms with E-state index in [1.807, 2.05) is 24.5 Å². The SMILES string of the molecule is c1ccc(-c2c(-c3ccccc3)c(-c3ccccc3)c3c(-c4ccccc4)c(-c4ccccn4)c(-c4ccccn4)c(-c4ccccc4)c3c2-c2ccccc2)cc1. The Hall–Kier alpha value is -7.68. The van der Waals surface area contributed by atoms with Crippen molar-refractivity contribution in [3.8, 4) is 89.3 Å². The van der Waals surface area contributed by atoms with Crippen LogP contribution >= 0.6 is 0 Å². The number of pyridine rings is 2. The van der Waals surface area contributed by atoms with Crippen LogP contribution in [-0.2, 0) is 0 Å². The van der Waals surface area contributed by atoms with Gasteiger partial charge in [0.1, 0.15) is 0 Å². The molecular formula is C56H38N2. The van der Waals surface area contributed by atoms with Crippen LogP contribution in [0.4, 0.5) is 0 Å². The summed E-state index contributed by atoms with van der Waals surface area (Å²) in [6.07, 6.45) is 3.81. The molecule has 2 heteroatoms. The fourth-order valence-corrected chi connectivity index (χ4v) is 8.64. The van der Waals surface area contributed by atoms with E-state index in [0.29, 0.717) is 0 Å². The van der Waals surface area contributed by atoms with Crippen LogP contribution in [0.15, 0.2) is 231 Å². The maximum atomic E-state index is 5.16. The molecule has 0 N–H and O–H groups in total. The van der Waals surface area contributed by atoms with Gasteiger partial charge in [0.15, 0.2) is 0 Å². The number of hydrogen-bond acceptors (Lipinski definition) is 2. The predicted molar refractivity (Wildman–Crippen MR) is 243 cm³/mol. The molecule has 0 saturated heterocycles. The Morgan fingerprint density at radius 1 is 0.190 bits per heavy atom. The van der Waals surface area contributed by atoms with Gasteiger partial charge in [-0.3, -0.25) is 9.97 Å². The van der Waals surface area contributed by atoms with Gasteiger partial charge < -0.3 is 0 Å². The first-order chi connectivity index (χ1) is 28.9. The van der Waals surface area contributed by atoms with Gasteiger partial charge in [-0.25, -0.2) is 0 Å². The number of benzene rings is 8. The third-order valence-electron chi connectivity index (χ3n) is 11.0. The maximum Gasteiger partial charge on any atom is 0.0715 e. The van der Waals surface area contributed by atoms with E-state index in [1.165, 1.54) is 22.3 Å². The molecule has 0 aliphatic rings. The van der Waals surface area contributed by atoms with E-state index in [2.05, 4.69) is 206 Å². The average Bonchev–Trinajstić information content (AvgIpc) is 3.32. The largest absolute Gasteiger partial charge is 0.256 e. The normalized spacial score (nSPS) is 11.1. The average molecular weight is 739 g/mol. The van der Waals surface area contributed by atoms with Gasteiger partial charge in [-0.15, -0.1) is 0 Å². The fourth-order valence-electron chi connectivity index (χ4n) is 8.64. The number of rotatable bonds is 8. The Balaban J connectivity index is 1.64. The van der Waals surface area contributed by atoms with Gasteiger partial charge in [0, 0.05) is 34.6 Å². The van der Waals surface area contributed by atoms with Crippen molar-refractivity contribution in [1.29, 1.82) is 0 Å². The highest BCUT2D eigenvalue weighted by Crippen LogP contribution is 2.59. The van der Waals surface area contributed by atoms with Crippen LogP contribution in [0.1, 0.15) is 0 Å². The Morgan fingerprint density at radius 2 is 0.414 bits per heavy atom. The lowest BCUT2D eigenvalue weighted by Crippen LogP contribution is -2.04. The zero-order valence-electron chi connectivity index (χ0n) is 31.8. The Kier molecular flexibility index (Phi) is 9.27. The summed E-state index contributed by atoms with van der Waals surface area (Å²) in [5.74, 6) is 0. The molecule has 0 unspecified atom stereocenters. The quantitative estimate of drug-likeness (QED) is 0.155. The molecule has 0 amide bonds. The summed E-state index contributed by atoms with van der Waals surface area (Å²) in [6.45, 7) is 0. The Labute approximate surface area is 339 Å². The summed E-state index contributed by atoms with van der Waals surface area (Å²) in [7, 11) is 0. The van der Waals surface area contributed by atoms with E-state index in [9.17, 15) is 0 Å². The molecule has 0 radical (unpaired) electrons. The second kappa shape index (κ2) is 15.5. The fraction of sp³-hybridized carbons (Fsp3) is 0. The van der Waals surface area contributed by atoms with Crippen LogP contribution in [0.5, 0.6) is 0 Å². The summed E-state index contributed by atoms with van der Waals surface area (Å²) in [5, 5.41) is 2.32. The second-order valence-corrected chi connectivity index (χ2v) is 14.4. The zero-order chi connectivity index (χ0) is 38.7. The minimum absolute atomic E-state index is 0.884. The molecule has 0 aliphatic carbocycles. The highest BCUT2D eigenvalue weighted by Gasteiger charge is 2.33. The lowest BCUT2D eigenvalue weighted by atomic mass is 9.72. The molecule has 0 bridgehead atoms. The highest BCUT2D eigenvalue weighted by molar-refractivity contribution is 6.30. The summed E-state index contributed by atoms with van der Waals surface area (Å²) in [6, 6.07) is 78.0. The first-order valence-electron chi connectivity index (χ1n) is 19.8. The third kappa shape index (κ3) is 6.18. The van der Waals surface area contributed by atoms with Gasteiger partial charge in [0.2, 0.25) is 0 Å². The molecule has 0 aliphatic heterocycles. The standard InChI is InChI=1S/C56H38N2/c1-7-23-39(24-8-1)47-48(40-25-9-2-10-26-40)50(42-29-13-4-14-30-42)56-52(44-33-17-6-18-34-44)54(46-36-20-22-38-58-46)53(45-35-19-21-37-57-45)51(43-31-15-5-16-32-43)55(56)49(47)41-27-11-3-12-28-41/h1-38H.